The molecule has 1 aromatic carbocycles. The fourth-order valence-electron chi connectivity index (χ4n) is 1.95. The van der Waals surface area contributed by atoms with E-state index in [9.17, 15) is 9.18 Å². The maximum absolute atomic E-state index is 13.1. The van der Waals surface area contributed by atoms with Crippen molar-refractivity contribution in [2.45, 2.75) is 24.8 Å². The largest absolute Gasteiger partial charge is 0.493 e. The van der Waals surface area contributed by atoms with Gasteiger partial charge in [-0.05, 0) is 24.6 Å². The quantitative estimate of drug-likeness (QED) is 0.581. The number of ether oxygens (including phenoxy) is 1. The molecule has 0 aliphatic rings. The Morgan fingerprint density at radius 1 is 1.48 bits per heavy atom. The second kappa shape index (κ2) is 7.26. The molecule has 21 heavy (non-hydrogen) atoms. The predicted octanol–water partition coefficient (Wildman–Crippen LogP) is 3.42. The first kappa shape index (κ1) is 15.6. The van der Waals surface area contributed by atoms with E-state index in [1.807, 2.05) is 6.92 Å². The second-order valence-corrected chi connectivity index (χ2v) is 5.50. The highest BCUT2D eigenvalue weighted by Gasteiger charge is 2.19. The smallest absolute Gasteiger partial charge is 0.194 e. The second-order valence-electron chi connectivity index (χ2n) is 4.45. The number of aromatic nitrogens is 2. The number of halogens is 1. The van der Waals surface area contributed by atoms with Crippen molar-refractivity contribution in [2.24, 2.45) is 0 Å². The topological polar surface area (TPSA) is 44.1 Å². The number of methoxy groups -OCH3 is 1. The highest BCUT2D eigenvalue weighted by atomic mass is 32.2. The molecule has 0 bridgehead atoms. The summed E-state index contributed by atoms with van der Waals surface area (Å²) in [6.07, 6.45) is 2.43. The van der Waals surface area contributed by atoms with Gasteiger partial charge in [-0.3, -0.25) is 9.48 Å². The molecule has 0 spiro atoms. The highest BCUT2D eigenvalue weighted by molar-refractivity contribution is 8.00. The Bertz CT molecular complexity index is 628. The van der Waals surface area contributed by atoms with Gasteiger partial charge in [-0.1, -0.05) is 13.0 Å². The van der Waals surface area contributed by atoms with Crippen LogP contribution in [0.4, 0.5) is 4.39 Å². The zero-order chi connectivity index (χ0) is 15.2. The molecular formula is C15H17FN2O2S. The van der Waals surface area contributed by atoms with Crippen LogP contribution in [0.25, 0.3) is 0 Å². The molecule has 112 valence electrons. The summed E-state index contributed by atoms with van der Waals surface area (Å²) in [5.41, 5.74) is 0.475. The maximum atomic E-state index is 13.1. The number of thioether (sulfide) groups is 1. The minimum Gasteiger partial charge on any atom is -0.493 e. The number of hydrogen-bond donors (Lipinski definition) is 0. The average Bonchev–Trinajstić information content (AvgIpc) is 2.88. The Hall–Kier alpha value is -1.82. The Morgan fingerprint density at radius 3 is 2.95 bits per heavy atom. The van der Waals surface area contributed by atoms with Gasteiger partial charge in [0.15, 0.2) is 11.5 Å². The van der Waals surface area contributed by atoms with Crippen molar-refractivity contribution >= 4 is 17.5 Å². The van der Waals surface area contributed by atoms with E-state index in [-0.39, 0.29) is 17.4 Å². The van der Waals surface area contributed by atoms with Gasteiger partial charge < -0.3 is 4.74 Å². The summed E-state index contributed by atoms with van der Waals surface area (Å²) in [5, 5.41) is 4.17. The normalized spacial score (nSPS) is 10.6. The van der Waals surface area contributed by atoms with Crippen LogP contribution in [0.3, 0.4) is 0 Å². The number of carbonyl (C=O) groups is 1. The Balaban J connectivity index is 2.11. The first-order chi connectivity index (χ1) is 10.2. The minimum atomic E-state index is -0.305. The van der Waals surface area contributed by atoms with Gasteiger partial charge in [0.2, 0.25) is 0 Å². The van der Waals surface area contributed by atoms with Gasteiger partial charge in [-0.25, -0.2) is 4.39 Å². The van der Waals surface area contributed by atoms with Crippen LogP contribution < -0.4 is 4.74 Å². The van der Waals surface area contributed by atoms with Crippen LogP contribution in [0.15, 0.2) is 35.4 Å². The molecule has 1 heterocycles. The zero-order valence-corrected chi connectivity index (χ0v) is 12.8. The highest BCUT2D eigenvalue weighted by Crippen LogP contribution is 2.24. The van der Waals surface area contributed by atoms with Gasteiger partial charge in [0.1, 0.15) is 11.5 Å². The van der Waals surface area contributed by atoms with Gasteiger partial charge in [0, 0.05) is 11.4 Å². The number of rotatable bonds is 7. The van der Waals surface area contributed by atoms with E-state index in [0.29, 0.717) is 18.0 Å². The zero-order valence-electron chi connectivity index (χ0n) is 12.0. The summed E-state index contributed by atoms with van der Waals surface area (Å²) in [5.74, 6) is 0.316. The van der Waals surface area contributed by atoms with Crippen molar-refractivity contribution < 1.29 is 13.9 Å². The molecule has 2 aromatic rings. The lowest BCUT2D eigenvalue weighted by Crippen LogP contribution is -2.13. The van der Waals surface area contributed by atoms with Gasteiger partial charge in [0.05, 0.1) is 19.1 Å². The monoisotopic (exact) mass is 308 g/mol. The summed E-state index contributed by atoms with van der Waals surface area (Å²) < 4.78 is 20.0. The summed E-state index contributed by atoms with van der Waals surface area (Å²) in [6, 6.07) is 6.20. The number of Topliss-reactive ketones (excluding diaryl/α,β-unsaturated/α-hetero) is 1. The summed E-state index contributed by atoms with van der Waals surface area (Å²) in [4.78, 5) is 13.1. The molecule has 0 aliphatic heterocycles. The Labute approximate surface area is 127 Å². The van der Waals surface area contributed by atoms with E-state index in [4.69, 9.17) is 4.74 Å². The number of hydrogen-bond acceptors (Lipinski definition) is 4. The molecule has 2 rings (SSSR count). The minimum absolute atomic E-state index is 0.0768. The van der Waals surface area contributed by atoms with E-state index in [1.165, 1.54) is 31.0 Å². The van der Waals surface area contributed by atoms with Crippen LogP contribution in [-0.4, -0.2) is 28.4 Å². The number of nitrogens with zero attached hydrogens (tertiary/aromatic N) is 2. The molecule has 0 radical (unpaired) electrons. The SMILES string of the molecule is CCCn1ncc(OC)c1C(=O)CSc1cccc(F)c1. The molecule has 0 saturated heterocycles. The maximum Gasteiger partial charge on any atom is 0.194 e. The van der Waals surface area contributed by atoms with Crippen molar-refractivity contribution in [3.63, 3.8) is 0 Å². The first-order valence-corrected chi connectivity index (χ1v) is 7.65. The third kappa shape index (κ3) is 3.85. The standard InChI is InChI=1S/C15H17FN2O2S/c1-3-7-18-15(14(20-2)9-17-18)13(19)10-21-12-6-4-5-11(16)8-12/h4-6,8-9H,3,7,10H2,1-2H3. The van der Waals surface area contributed by atoms with Crippen LogP contribution >= 0.6 is 11.8 Å². The van der Waals surface area contributed by atoms with E-state index in [2.05, 4.69) is 5.10 Å². The third-order valence-corrected chi connectivity index (χ3v) is 3.89. The van der Waals surface area contributed by atoms with Gasteiger partial charge >= 0.3 is 0 Å². The molecular weight excluding hydrogens is 291 g/mol. The van der Waals surface area contributed by atoms with Gasteiger partial charge in [-0.2, -0.15) is 5.10 Å². The molecule has 6 heteroatoms. The number of benzene rings is 1. The van der Waals surface area contributed by atoms with Gasteiger partial charge in [0.25, 0.3) is 0 Å². The van der Waals surface area contributed by atoms with Crippen LogP contribution in [0, 0.1) is 5.82 Å². The van der Waals surface area contributed by atoms with Crippen LogP contribution in [0.1, 0.15) is 23.8 Å². The van der Waals surface area contributed by atoms with E-state index in [1.54, 1.807) is 23.0 Å². The van der Waals surface area contributed by atoms with Crippen LogP contribution in [0.2, 0.25) is 0 Å². The summed E-state index contributed by atoms with van der Waals surface area (Å²) >= 11 is 1.30. The number of aryl methyl sites for hydroxylation is 1. The summed E-state index contributed by atoms with van der Waals surface area (Å²) in [6.45, 7) is 2.68. The van der Waals surface area contributed by atoms with Crippen molar-refractivity contribution in [3.8, 4) is 5.75 Å². The van der Waals surface area contributed by atoms with E-state index in [0.717, 1.165) is 11.3 Å². The van der Waals surface area contributed by atoms with Crippen molar-refractivity contribution in [1.82, 2.24) is 9.78 Å². The molecule has 0 atom stereocenters. The molecule has 0 unspecified atom stereocenters. The van der Waals surface area contributed by atoms with E-state index >= 15 is 0 Å². The fourth-order valence-corrected chi connectivity index (χ4v) is 2.76. The van der Waals surface area contributed by atoms with Crippen molar-refractivity contribution in [3.05, 3.63) is 42.0 Å². The molecule has 0 N–H and O–H groups in total. The number of carbonyl (C=O) groups excluding carboxylic acids is 1. The van der Waals surface area contributed by atoms with Crippen LogP contribution in [-0.2, 0) is 6.54 Å². The Morgan fingerprint density at radius 2 is 2.29 bits per heavy atom. The van der Waals surface area contributed by atoms with Crippen molar-refractivity contribution in [2.75, 3.05) is 12.9 Å². The van der Waals surface area contributed by atoms with E-state index < -0.39 is 0 Å². The number of ketones is 1. The first-order valence-electron chi connectivity index (χ1n) is 6.67. The molecule has 1 aromatic heterocycles. The molecule has 0 aliphatic carbocycles. The summed E-state index contributed by atoms with van der Waals surface area (Å²) in [7, 11) is 1.52. The van der Waals surface area contributed by atoms with Crippen molar-refractivity contribution in [1.29, 1.82) is 0 Å². The van der Waals surface area contributed by atoms with Gasteiger partial charge in [-0.15, -0.1) is 11.8 Å². The molecule has 0 amide bonds. The lowest BCUT2D eigenvalue weighted by atomic mass is 10.3. The lowest BCUT2D eigenvalue weighted by molar-refractivity contribution is 0.100. The Kier molecular flexibility index (Phi) is 5.38. The molecule has 4 nitrogen and oxygen atoms in total. The fraction of sp³-hybridized carbons (Fsp3) is 0.333. The molecule has 0 saturated carbocycles. The molecule has 0 fully saturated rings. The third-order valence-electron chi connectivity index (χ3n) is 2.89. The lowest BCUT2D eigenvalue weighted by Gasteiger charge is -2.07. The average molecular weight is 308 g/mol. The predicted molar refractivity (Wildman–Crippen MR) is 80.5 cm³/mol. The van der Waals surface area contributed by atoms with Crippen LogP contribution in [0.5, 0.6) is 5.75 Å².